The number of ether oxygens (including phenoxy) is 1. The first-order valence-electron chi connectivity index (χ1n) is 12.1. The lowest BCUT2D eigenvalue weighted by Crippen LogP contribution is -2.21. The zero-order valence-corrected chi connectivity index (χ0v) is 22.5. The van der Waals surface area contributed by atoms with Gasteiger partial charge in [0, 0.05) is 17.8 Å². The number of nitrogens with two attached hydrogens (primary N) is 1. The number of aromatic nitrogens is 4. The van der Waals surface area contributed by atoms with Gasteiger partial charge in [0.05, 0.1) is 18.7 Å². The molecule has 4 aromatic rings. The average Bonchev–Trinajstić information content (AvgIpc) is 3.56. The van der Waals surface area contributed by atoms with Crippen molar-refractivity contribution in [2.24, 2.45) is 5.73 Å². The van der Waals surface area contributed by atoms with Crippen molar-refractivity contribution in [3.8, 4) is 17.0 Å². The molecule has 2 aromatic heterocycles. The minimum Gasteiger partial charge on any atom is -0.484 e. The lowest BCUT2D eigenvalue weighted by atomic mass is 10.1. The number of carbonyl (C=O) groups is 2. The number of alkyl halides is 2. The SMILES string of the molecule is C[C@H](Oc1cc(-c2n[nH]c(Nc3ccn(CCC(=O)O)n3)c2C(N)=O)ccc1NS(=O)(=O)C(F)F)c1ccc(F)cc1. The van der Waals surface area contributed by atoms with Crippen molar-refractivity contribution in [3.05, 3.63) is 71.7 Å². The second-order valence-electron chi connectivity index (χ2n) is 8.85. The third kappa shape index (κ3) is 6.98. The summed E-state index contributed by atoms with van der Waals surface area (Å²) in [5.74, 6) is -6.04. The molecule has 0 radical (unpaired) electrons. The van der Waals surface area contributed by atoms with Crippen LogP contribution in [0.25, 0.3) is 11.3 Å². The van der Waals surface area contributed by atoms with Crippen LogP contribution in [0.3, 0.4) is 0 Å². The molecule has 222 valence electrons. The summed E-state index contributed by atoms with van der Waals surface area (Å²) >= 11 is 0. The van der Waals surface area contributed by atoms with E-state index in [-0.39, 0.29) is 52.9 Å². The second-order valence-corrected chi connectivity index (χ2v) is 10.5. The number of primary amides is 1. The van der Waals surface area contributed by atoms with Gasteiger partial charge in [-0.15, -0.1) is 0 Å². The van der Waals surface area contributed by atoms with Crippen molar-refractivity contribution in [1.29, 1.82) is 0 Å². The van der Waals surface area contributed by atoms with E-state index in [1.54, 1.807) is 11.6 Å². The third-order valence-corrected chi connectivity index (χ3v) is 6.82. The van der Waals surface area contributed by atoms with Crippen LogP contribution in [-0.2, 0) is 21.4 Å². The molecule has 4 rings (SSSR count). The molecule has 0 aliphatic carbocycles. The molecular formula is C25H24F3N7O6S. The summed E-state index contributed by atoms with van der Waals surface area (Å²) in [6, 6.07) is 10.5. The third-order valence-electron chi connectivity index (χ3n) is 5.85. The number of aliphatic carboxylic acids is 1. The van der Waals surface area contributed by atoms with Crippen molar-refractivity contribution in [3.63, 3.8) is 0 Å². The van der Waals surface area contributed by atoms with E-state index < -0.39 is 39.6 Å². The van der Waals surface area contributed by atoms with Gasteiger partial charge in [-0.3, -0.25) is 24.1 Å². The van der Waals surface area contributed by atoms with E-state index in [2.05, 4.69) is 20.6 Å². The molecule has 0 spiro atoms. The maximum Gasteiger partial charge on any atom is 0.355 e. The summed E-state index contributed by atoms with van der Waals surface area (Å²) in [4.78, 5) is 23.3. The van der Waals surface area contributed by atoms with Gasteiger partial charge in [-0.1, -0.05) is 18.2 Å². The quantitative estimate of drug-likeness (QED) is 0.150. The van der Waals surface area contributed by atoms with Gasteiger partial charge in [0.1, 0.15) is 34.7 Å². The molecule has 0 saturated heterocycles. The Bertz CT molecular complexity index is 1710. The van der Waals surface area contributed by atoms with Gasteiger partial charge in [0.15, 0.2) is 5.82 Å². The van der Waals surface area contributed by atoms with Gasteiger partial charge >= 0.3 is 11.7 Å². The molecule has 2 heterocycles. The summed E-state index contributed by atoms with van der Waals surface area (Å²) in [5, 5.41) is 22.6. The Morgan fingerprint density at radius 2 is 1.88 bits per heavy atom. The Balaban J connectivity index is 1.69. The number of carboxylic acid groups (broad SMARTS) is 1. The maximum atomic E-state index is 13.4. The lowest BCUT2D eigenvalue weighted by Gasteiger charge is -2.19. The van der Waals surface area contributed by atoms with Gasteiger partial charge < -0.3 is 20.9 Å². The minimum atomic E-state index is -5.08. The number of carbonyl (C=O) groups excluding carboxylic acids is 1. The highest BCUT2D eigenvalue weighted by atomic mass is 32.2. The number of nitrogens with zero attached hydrogens (tertiary/aromatic N) is 3. The second kappa shape index (κ2) is 12.2. The number of aryl methyl sites for hydroxylation is 1. The molecule has 1 atom stereocenters. The van der Waals surface area contributed by atoms with Gasteiger partial charge in [0.2, 0.25) is 0 Å². The molecule has 0 bridgehead atoms. The van der Waals surface area contributed by atoms with E-state index in [4.69, 9.17) is 15.6 Å². The van der Waals surface area contributed by atoms with Crippen molar-refractivity contribution >= 4 is 39.2 Å². The predicted octanol–water partition coefficient (Wildman–Crippen LogP) is 3.83. The van der Waals surface area contributed by atoms with Crippen molar-refractivity contribution in [1.82, 2.24) is 20.0 Å². The summed E-state index contributed by atoms with van der Waals surface area (Å²) < 4.78 is 72.5. The van der Waals surface area contributed by atoms with Gasteiger partial charge in [-0.05, 0) is 36.8 Å². The largest absolute Gasteiger partial charge is 0.484 e. The molecule has 13 nitrogen and oxygen atoms in total. The number of rotatable bonds is 13. The maximum absolute atomic E-state index is 13.4. The number of hydrogen-bond donors (Lipinski definition) is 5. The van der Waals surface area contributed by atoms with E-state index in [1.165, 1.54) is 53.3 Å². The smallest absolute Gasteiger partial charge is 0.355 e. The molecule has 1 amide bonds. The highest BCUT2D eigenvalue weighted by Gasteiger charge is 2.27. The van der Waals surface area contributed by atoms with Gasteiger partial charge in [-0.25, -0.2) is 12.8 Å². The fourth-order valence-electron chi connectivity index (χ4n) is 3.81. The molecule has 0 aliphatic rings. The van der Waals surface area contributed by atoms with E-state index in [0.29, 0.717) is 5.56 Å². The fraction of sp³-hybridized carbons (Fsp3) is 0.200. The molecular weight excluding hydrogens is 583 g/mol. The molecule has 42 heavy (non-hydrogen) atoms. The standard InChI is InChI=1S/C25H24F3N7O6S/c1-13(14-2-5-16(26)6-3-14)41-18-12-15(4-7-17(18)34-42(39,40)25(27)28)22-21(23(29)38)24(32-31-22)30-19-8-10-35(33-19)11-9-20(36)37/h2-8,10,12-13,25,34H,9,11H2,1H3,(H2,29,38)(H,36,37)(H2,30,31,32,33)/t13-/m0/s1. The van der Waals surface area contributed by atoms with Crippen LogP contribution >= 0.6 is 0 Å². The minimum absolute atomic E-state index is 0.0119. The van der Waals surface area contributed by atoms with Crippen LogP contribution in [0.5, 0.6) is 5.75 Å². The Morgan fingerprint density at radius 3 is 2.52 bits per heavy atom. The number of hydrogen-bond acceptors (Lipinski definition) is 8. The first-order chi connectivity index (χ1) is 19.8. The number of anilines is 3. The lowest BCUT2D eigenvalue weighted by molar-refractivity contribution is -0.137. The Hall–Kier alpha value is -5.06. The van der Waals surface area contributed by atoms with Crippen molar-refractivity contribution in [2.75, 3.05) is 10.0 Å². The van der Waals surface area contributed by atoms with Gasteiger partial charge in [0.25, 0.3) is 15.9 Å². The Kier molecular flexibility index (Phi) is 8.70. The molecule has 0 aliphatic heterocycles. The number of nitrogens with one attached hydrogen (secondary N) is 3. The highest BCUT2D eigenvalue weighted by Crippen LogP contribution is 2.37. The number of H-pyrrole nitrogens is 1. The van der Waals surface area contributed by atoms with E-state index in [0.717, 1.165) is 6.07 Å². The van der Waals surface area contributed by atoms with Crippen LogP contribution in [0.4, 0.5) is 30.5 Å². The topological polar surface area (TPSA) is 194 Å². The molecule has 0 unspecified atom stereocenters. The summed E-state index contributed by atoms with van der Waals surface area (Å²) in [5.41, 5.74) is 5.89. The monoisotopic (exact) mass is 607 g/mol. The molecule has 0 saturated carbocycles. The Labute approximate surface area is 236 Å². The van der Waals surface area contributed by atoms with Crippen LogP contribution in [-0.4, -0.2) is 51.1 Å². The number of sulfonamides is 1. The van der Waals surface area contributed by atoms with Crippen LogP contribution < -0.4 is 20.5 Å². The van der Waals surface area contributed by atoms with Gasteiger partial charge in [-0.2, -0.15) is 19.0 Å². The van der Waals surface area contributed by atoms with Crippen LogP contribution in [0.1, 0.15) is 35.4 Å². The average molecular weight is 608 g/mol. The number of carboxylic acids is 1. The zero-order valence-electron chi connectivity index (χ0n) is 21.7. The molecule has 0 fully saturated rings. The molecule has 6 N–H and O–H groups in total. The number of aromatic amines is 1. The molecule has 2 aromatic carbocycles. The number of benzene rings is 2. The summed E-state index contributed by atoms with van der Waals surface area (Å²) in [6.07, 6.45) is 0.575. The highest BCUT2D eigenvalue weighted by molar-refractivity contribution is 7.93. The van der Waals surface area contributed by atoms with E-state index in [9.17, 15) is 31.2 Å². The number of amides is 1. The summed E-state index contributed by atoms with van der Waals surface area (Å²) in [7, 11) is -5.08. The zero-order chi connectivity index (χ0) is 30.6. The van der Waals surface area contributed by atoms with Crippen molar-refractivity contribution in [2.45, 2.75) is 31.8 Å². The normalized spacial score (nSPS) is 12.2. The summed E-state index contributed by atoms with van der Waals surface area (Å²) in [6.45, 7) is 1.68. The molecule has 17 heteroatoms. The first-order valence-corrected chi connectivity index (χ1v) is 13.7. The van der Waals surface area contributed by atoms with Crippen LogP contribution in [0.2, 0.25) is 0 Å². The predicted molar refractivity (Wildman–Crippen MR) is 144 cm³/mol. The van der Waals surface area contributed by atoms with Crippen LogP contribution in [0, 0.1) is 5.82 Å². The number of halogens is 3. The first kappa shape index (κ1) is 29.9. The van der Waals surface area contributed by atoms with E-state index >= 15 is 0 Å². The van der Waals surface area contributed by atoms with E-state index in [1.807, 2.05) is 0 Å². The van der Waals surface area contributed by atoms with Crippen LogP contribution in [0.15, 0.2) is 54.7 Å². The fourth-order valence-corrected chi connectivity index (χ4v) is 4.38. The Morgan fingerprint density at radius 1 is 1.17 bits per heavy atom. The van der Waals surface area contributed by atoms with Crippen molar-refractivity contribution < 1.29 is 41.0 Å².